The molecule has 3 atom stereocenters. The Kier molecular flexibility index (Phi) is 5.62. The van der Waals surface area contributed by atoms with E-state index in [9.17, 15) is 0 Å². The molecule has 0 aromatic heterocycles. The van der Waals surface area contributed by atoms with Gasteiger partial charge in [0.25, 0.3) is 0 Å². The van der Waals surface area contributed by atoms with Crippen LogP contribution in [0.1, 0.15) is 30.5 Å². The van der Waals surface area contributed by atoms with Crippen LogP contribution >= 0.6 is 0 Å². The van der Waals surface area contributed by atoms with Gasteiger partial charge in [-0.25, -0.2) is 0 Å². The number of benzene rings is 1. The van der Waals surface area contributed by atoms with Gasteiger partial charge in [-0.3, -0.25) is 4.90 Å². The third-order valence-corrected chi connectivity index (χ3v) is 4.72. The van der Waals surface area contributed by atoms with Crippen LogP contribution in [0, 0.1) is 0 Å². The maximum absolute atomic E-state index is 5.39. The Labute approximate surface area is 128 Å². The van der Waals surface area contributed by atoms with Crippen molar-refractivity contribution in [2.75, 3.05) is 34.9 Å². The highest BCUT2D eigenvalue weighted by Gasteiger charge is 2.33. The zero-order valence-electron chi connectivity index (χ0n) is 13.8. The fourth-order valence-electron chi connectivity index (χ4n) is 3.37. The van der Waals surface area contributed by atoms with Gasteiger partial charge in [0.1, 0.15) is 5.75 Å². The van der Waals surface area contributed by atoms with Gasteiger partial charge < -0.3 is 14.8 Å². The van der Waals surface area contributed by atoms with Gasteiger partial charge in [-0.2, -0.15) is 0 Å². The van der Waals surface area contributed by atoms with Crippen LogP contribution in [0.15, 0.2) is 18.2 Å². The Hall–Kier alpha value is -1.10. The summed E-state index contributed by atoms with van der Waals surface area (Å²) in [4.78, 5) is 2.44. The molecule has 1 aliphatic rings. The van der Waals surface area contributed by atoms with Crippen LogP contribution in [0.25, 0.3) is 0 Å². The van der Waals surface area contributed by atoms with Gasteiger partial charge in [-0.1, -0.05) is 6.07 Å². The van der Waals surface area contributed by atoms with E-state index >= 15 is 0 Å². The molecule has 1 aromatic carbocycles. The molecule has 0 saturated heterocycles. The van der Waals surface area contributed by atoms with E-state index in [0.29, 0.717) is 18.1 Å². The van der Waals surface area contributed by atoms with Gasteiger partial charge in [0.15, 0.2) is 0 Å². The Morgan fingerprint density at radius 2 is 2.14 bits per heavy atom. The van der Waals surface area contributed by atoms with Gasteiger partial charge >= 0.3 is 0 Å². The second-order valence-electron chi connectivity index (χ2n) is 5.91. The van der Waals surface area contributed by atoms with E-state index in [0.717, 1.165) is 25.2 Å². The third kappa shape index (κ3) is 3.39. The minimum Gasteiger partial charge on any atom is -0.497 e. The average molecular weight is 292 g/mol. The van der Waals surface area contributed by atoms with E-state index in [1.165, 1.54) is 11.1 Å². The molecule has 1 aromatic rings. The molecule has 4 nitrogen and oxygen atoms in total. The molecule has 0 fully saturated rings. The number of rotatable bonds is 6. The number of ether oxygens (including phenoxy) is 2. The molecule has 0 heterocycles. The molecule has 4 heteroatoms. The summed E-state index contributed by atoms with van der Waals surface area (Å²) in [5.74, 6) is 0.933. The van der Waals surface area contributed by atoms with Gasteiger partial charge in [0.05, 0.1) is 13.7 Å². The van der Waals surface area contributed by atoms with Crippen molar-refractivity contribution in [1.82, 2.24) is 10.2 Å². The molecule has 2 rings (SSSR count). The summed E-state index contributed by atoms with van der Waals surface area (Å²) in [5, 5.41) is 3.50. The lowest BCUT2D eigenvalue weighted by molar-refractivity contribution is 0.0696. The molecular weight excluding hydrogens is 264 g/mol. The van der Waals surface area contributed by atoms with Gasteiger partial charge in [0, 0.05) is 25.2 Å². The molecule has 3 unspecified atom stereocenters. The fourth-order valence-corrected chi connectivity index (χ4v) is 3.37. The second kappa shape index (κ2) is 7.25. The largest absolute Gasteiger partial charge is 0.497 e. The van der Waals surface area contributed by atoms with Crippen molar-refractivity contribution >= 4 is 0 Å². The highest BCUT2D eigenvalue weighted by molar-refractivity contribution is 5.40. The van der Waals surface area contributed by atoms with E-state index in [-0.39, 0.29) is 0 Å². The van der Waals surface area contributed by atoms with Crippen molar-refractivity contribution in [2.24, 2.45) is 0 Å². The van der Waals surface area contributed by atoms with Crippen molar-refractivity contribution in [3.63, 3.8) is 0 Å². The number of methoxy groups -OCH3 is 2. The first-order valence-electron chi connectivity index (χ1n) is 7.67. The molecule has 1 aliphatic carbocycles. The van der Waals surface area contributed by atoms with E-state index in [4.69, 9.17) is 9.47 Å². The summed E-state index contributed by atoms with van der Waals surface area (Å²) in [5.41, 5.74) is 2.80. The maximum atomic E-state index is 5.39. The lowest BCUT2D eigenvalue weighted by atomic mass is 9.83. The highest BCUT2D eigenvalue weighted by Crippen LogP contribution is 2.35. The first-order chi connectivity index (χ1) is 10.1. The van der Waals surface area contributed by atoms with E-state index in [1.807, 2.05) is 7.05 Å². The van der Waals surface area contributed by atoms with Crippen molar-refractivity contribution in [2.45, 2.75) is 37.9 Å². The monoisotopic (exact) mass is 292 g/mol. The topological polar surface area (TPSA) is 33.7 Å². The first-order valence-corrected chi connectivity index (χ1v) is 7.67. The standard InChI is InChI=1S/C17H28N2O2/c1-12(11-20-4)19(3)16-9-7-13-6-8-14(21-5)10-15(13)17(16)18-2/h6,8,10,12,16-18H,7,9,11H2,1-5H3. The van der Waals surface area contributed by atoms with E-state index < -0.39 is 0 Å². The van der Waals surface area contributed by atoms with Crippen LogP contribution in [0.4, 0.5) is 0 Å². The van der Waals surface area contributed by atoms with Crippen molar-refractivity contribution in [3.8, 4) is 5.75 Å². The third-order valence-electron chi connectivity index (χ3n) is 4.72. The average Bonchev–Trinajstić information content (AvgIpc) is 2.52. The summed E-state index contributed by atoms with van der Waals surface area (Å²) in [7, 11) is 7.73. The molecule has 0 spiro atoms. The summed E-state index contributed by atoms with van der Waals surface area (Å²) in [6.45, 7) is 2.98. The van der Waals surface area contributed by atoms with Crippen LogP contribution in [-0.4, -0.2) is 51.9 Å². The number of likely N-dealkylation sites (N-methyl/N-ethyl adjacent to an activating group) is 2. The summed E-state index contributed by atoms with van der Waals surface area (Å²) < 4.78 is 10.7. The molecule has 21 heavy (non-hydrogen) atoms. The molecule has 1 N–H and O–H groups in total. The zero-order valence-corrected chi connectivity index (χ0v) is 13.8. The number of nitrogens with one attached hydrogen (secondary N) is 1. The Morgan fingerprint density at radius 3 is 2.76 bits per heavy atom. The summed E-state index contributed by atoms with van der Waals surface area (Å²) >= 11 is 0. The summed E-state index contributed by atoms with van der Waals surface area (Å²) in [6.07, 6.45) is 2.28. The molecular formula is C17H28N2O2. The second-order valence-corrected chi connectivity index (χ2v) is 5.91. The Bertz CT molecular complexity index is 464. The normalized spacial score (nSPS) is 23.0. The van der Waals surface area contributed by atoms with E-state index in [1.54, 1.807) is 14.2 Å². The lowest BCUT2D eigenvalue weighted by Crippen LogP contribution is -2.49. The predicted molar refractivity (Wildman–Crippen MR) is 86.0 cm³/mol. The number of fused-ring (bicyclic) bond motifs is 1. The lowest BCUT2D eigenvalue weighted by Gasteiger charge is -2.41. The number of aryl methyl sites for hydroxylation is 1. The van der Waals surface area contributed by atoms with Crippen LogP contribution in [0.2, 0.25) is 0 Å². The van der Waals surface area contributed by atoms with Gasteiger partial charge in [0.2, 0.25) is 0 Å². The maximum Gasteiger partial charge on any atom is 0.119 e. The van der Waals surface area contributed by atoms with Crippen molar-refractivity contribution in [3.05, 3.63) is 29.3 Å². The van der Waals surface area contributed by atoms with Crippen LogP contribution in [-0.2, 0) is 11.2 Å². The quantitative estimate of drug-likeness (QED) is 0.872. The zero-order chi connectivity index (χ0) is 15.4. The molecule has 0 saturated carbocycles. The van der Waals surface area contributed by atoms with Gasteiger partial charge in [-0.05, 0) is 57.1 Å². The minimum absolute atomic E-state index is 0.327. The SMILES string of the molecule is CNC1c2cc(OC)ccc2CCC1N(C)C(C)COC. The predicted octanol–water partition coefficient (Wildman–Crippen LogP) is 2.24. The number of nitrogens with zero attached hydrogens (tertiary/aromatic N) is 1. The number of hydrogen-bond donors (Lipinski definition) is 1. The van der Waals surface area contributed by atoms with Gasteiger partial charge in [-0.15, -0.1) is 0 Å². The van der Waals surface area contributed by atoms with Crippen molar-refractivity contribution in [1.29, 1.82) is 0 Å². The first kappa shape index (κ1) is 16.3. The molecule has 0 bridgehead atoms. The fraction of sp³-hybridized carbons (Fsp3) is 0.647. The van der Waals surface area contributed by atoms with Crippen molar-refractivity contribution < 1.29 is 9.47 Å². The van der Waals surface area contributed by atoms with Crippen LogP contribution < -0.4 is 10.1 Å². The Balaban J connectivity index is 2.26. The molecule has 0 aliphatic heterocycles. The molecule has 0 amide bonds. The Morgan fingerprint density at radius 1 is 1.38 bits per heavy atom. The number of hydrogen-bond acceptors (Lipinski definition) is 4. The molecule has 118 valence electrons. The van der Waals surface area contributed by atoms with Crippen LogP contribution in [0.3, 0.4) is 0 Å². The summed E-state index contributed by atoms with van der Waals surface area (Å²) in [6, 6.07) is 7.64. The minimum atomic E-state index is 0.327. The molecule has 0 radical (unpaired) electrons. The smallest absolute Gasteiger partial charge is 0.119 e. The van der Waals surface area contributed by atoms with Crippen LogP contribution in [0.5, 0.6) is 5.75 Å². The van der Waals surface area contributed by atoms with E-state index in [2.05, 4.69) is 42.4 Å². The highest BCUT2D eigenvalue weighted by atomic mass is 16.5.